The van der Waals surface area contributed by atoms with E-state index < -0.39 is 16.1 Å². The lowest BCUT2D eigenvalue weighted by Crippen LogP contribution is -2.53. The number of piperidine rings is 1. The number of sulfonamides is 1. The molecule has 160 valence electrons. The summed E-state index contributed by atoms with van der Waals surface area (Å²) in [6, 6.07) is 17.4. The highest BCUT2D eigenvalue weighted by molar-refractivity contribution is 7.88. The first-order valence-electron chi connectivity index (χ1n) is 9.98. The van der Waals surface area contributed by atoms with Crippen LogP contribution in [-0.2, 0) is 21.2 Å². The van der Waals surface area contributed by atoms with Gasteiger partial charge in [0.15, 0.2) is 0 Å². The summed E-state index contributed by atoms with van der Waals surface area (Å²) in [4.78, 5) is 25.6. The van der Waals surface area contributed by atoms with E-state index in [0.29, 0.717) is 37.9 Å². The molecule has 1 aliphatic heterocycles. The van der Waals surface area contributed by atoms with Gasteiger partial charge >= 0.3 is 0 Å². The summed E-state index contributed by atoms with van der Waals surface area (Å²) >= 11 is 0. The number of carbonyl (C=O) groups is 2. The fourth-order valence-corrected chi connectivity index (χ4v) is 4.40. The van der Waals surface area contributed by atoms with Gasteiger partial charge in [-0.1, -0.05) is 48.5 Å². The van der Waals surface area contributed by atoms with E-state index in [1.807, 2.05) is 36.4 Å². The zero-order valence-corrected chi connectivity index (χ0v) is 17.8. The number of hydrogen-bond acceptors (Lipinski definition) is 4. The third-order valence-electron chi connectivity index (χ3n) is 5.21. The fourth-order valence-electron chi connectivity index (χ4n) is 3.52. The number of amides is 2. The average molecular weight is 430 g/mol. The molecule has 2 amide bonds. The van der Waals surface area contributed by atoms with Gasteiger partial charge in [0.05, 0.1) is 6.26 Å². The van der Waals surface area contributed by atoms with Gasteiger partial charge in [0.25, 0.3) is 5.91 Å². The van der Waals surface area contributed by atoms with Crippen molar-refractivity contribution in [1.82, 2.24) is 14.9 Å². The van der Waals surface area contributed by atoms with Crippen molar-refractivity contribution >= 4 is 21.8 Å². The van der Waals surface area contributed by atoms with Crippen LogP contribution in [0.15, 0.2) is 60.7 Å². The molecule has 30 heavy (non-hydrogen) atoms. The molecule has 1 fully saturated rings. The summed E-state index contributed by atoms with van der Waals surface area (Å²) in [7, 11) is -3.22. The van der Waals surface area contributed by atoms with Crippen molar-refractivity contribution in [1.29, 1.82) is 0 Å². The van der Waals surface area contributed by atoms with Gasteiger partial charge < -0.3 is 10.6 Å². The van der Waals surface area contributed by atoms with E-state index in [0.717, 1.165) is 5.56 Å². The van der Waals surface area contributed by atoms with E-state index in [4.69, 9.17) is 0 Å². The number of benzene rings is 2. The maximum atomic E-state index is 13.0. The molecule has 0 aliphatic carbocycles. The highest BCUT2D eigenvalue weighted by Gasteiger charge is 2.28. The van der Waals surface area contributed by atoms with Crippen LogP contribution in [0.25, 0.3) is 0 Å². The van der Waals surface area contributed by atoms with Gasteiger partial charge in [0, 0.05) is 31.1 Å². The SMILES string of the molecule is CS(=O)(=O)N1CCC(NC(=O)C(Cc2ccccc2)NC(=O)c2ccccc2)CC1. The highest BCUT2D eigenvalue weighted by atomic mass is 32.2. The zero-order chi connectivity index (χ0) is 21.6. The largest absolute Gasteiger partial charge is 0.351 e. The quantitative estimate of drug-likeness (QED) is 0.698. The van der Waals surface area contributed by atoms with Crippen molar-refractivity contribution in [3.05, 3.63) is 71.8 Å². The normalized spacial score (nSPS) is 16.6. The lowest BCUT2D eigenvalue weighted by Gasteiger charge is -2.31. The minimum atomic E-state index is -3.22. The van der Waals surface area contributed by atoms with Crippen LogP contribution in [-0.4, -0.2) is 56.0 Å². The molecule has 1 atom stereocenters. The van der Waals surface area contributed by atoms with E-state index in [1.165, 1.54) is 10.6 Å². The summed E-state index contributed by atoms with van der Waals surface area (Å²) < 4.78 is 24.8. The molecule has 0 aromatic heterocycles. The fraction of sp³-hybridized carbons (Fsp3) is 0.364. The Balaban J connectivity index is 1.66. The molecule has 3 rings (SSSR count). The van der Waals surface area contributed by atoms with Gasteiger partial charge in [-0.2, -0.15) is 0 Å². The van der Waals surface area contributed by atoms with Crippen molar-refractivity contribution in [2.24, 2.45) is 0 Å². The third-order valence-corrected chi connectivity index (χ3v) is 6.51. The minimum absolute atomic E-state index is 0.123. The molecule has 0 spiro atoms. The lowest BCUT2D eigenvalue weighted by atomic mass is 10.0. The average Bonchev–Trinajstić information content (AvgIpc) is 2.74. The highest BCUT2D eigenvalue weighted by Crippen LogP contribution is 2.14. The Morgan fingerprint density at radius 2 is 1.57 bits per heavy atom. The third kappa shape index (κ3) is 6.14. The molecule has 0 saturated carbocycles. The van der Waals surface area contributed by atoms with Crippen LogP contribution in [0.1, 0.15) is 28.8 Å². The van der Waals surface area contributed by atoms with Crippen LogP contribution in [0.4, 0.5) is 0 Å². The molecule has 2 aromatic carbocycles. The van der Waals surface area contributed by atoms with Crippen LogP contribution in [0.2, 0.25) is 0 Å². The van der Waals surface area contributed by atoms with E-state index in [-0.39, 0.29) is 17.9 Å². The zero-order valence-electron chi connectivity index (χ0n) is 17.0. The molecule has 1 saturated heterocycles. The molecule has 0 bridgehead atoms. The van der Waals surface area contributed by atoms with Crippen molar-refractivity contribution in [2.45, 2.75) is 31.3 Å². The summed E-state index contributed by atoms with van der Waals surface area (Å²) in [6.45, 7) is 0.757. The van der Waals surface area contributed by atoms with Crippen molar-refractivity contribution in [3.8, 4) is 0 Å². The van der Waals surface area contributed by atoms with Crippen LogP contribution >= 0.6 is 0 Å². The monoisotopic (exact) mass is 429 g/mol. The Morgan fingerprint density at radius 1 is 1.00 bits per heavy atom. The molecule has 1 aliphatic rings. The summed E-state index contributed by atoms with van der Waals surface area (Å²) in [5.74, 6) is -0.570. The second kappa shape index (κ2) is 9.86. The smallest absolute Gasteiger partial charge is 0.251 e. The van der Waals surface area contributed by atoms with Gasteiger partial charge in [0.1, 0.15) is 6.04 Å². The number of hydrogen-bond donors (Lipinski definition) is 2. The lowest BCUT2D eigenvalue weighted by molar-refractivity contribution is -0.123. The molecular weight excluding hydrogens is 402 g/mol. The Kier molecular flexibility index (Phi) is 7.23. The molecular formula is C22H27N3O4S. The number of nitrogens with zero attached hydrogens (tertiary/aromatic N) is 1. The van der Waals surface area contributed by atoms with Crippen LogP contribution in [0.5, 0.6) is 0 Å². The summed E-state index contributed by atoms with van der Waals surface area (Å²) in [5.41, 5.74) is 1.43. The Hall–Kier alpha value is -2.71. The molecule has 1 unspecified atom stereocenters. The number of rotatable bonds is 7. The summed E-state index contributed by atoms with van der Waals surface area (Å²) in [5, 5.41) is 5.84. The van der Waals surface area contributed by atoms with Crippen LogP contribution in [0.3, 0.4) is 0 Å². The first-order valence-corrected chi connectivity index (χ1v) is 11.8. The maximum absolute atomic E-state index is 13.0. The van der Waals surface area contributed by atoms with E-state index in [2.05, 4.69) is 10.6 Å². The second-order valence-electron chi connectivity index (χ2n) is 7.53. The summed E-state index contributed by atoms with van der Waals surface area (Å²) in [6.07, 6.45) is 2.65. The standard InChI is InChI=1S/C22H27N3O4S/c1-30(28,29)25-14-12-19(13-15-25)23-22(27)20(16-17-8-4-2-5-9-17)24-21(26)18-10-6-3-7-11-18/h2-11,19-20H,12-16H2,1H3,(H,23,27)(H,24,26). The predicted octanol–water partition coefficient (Wildman–Crippen LogP) is 1.57. The topological polar surface area (TPSA) is 95.6 Å². The minimum Gasteiger partial charge on any atom is -0.351 e. The van der Waals surface area contributed by atoms with Gasteiger partial charge in [-0.25, -0.2) is 12.7 Å². The van der Waals surface area contributed by atoms with Gasteiger partial charge in [-0.3, -0.25) is 9.59 Å². The first kappa shape index (κ1) is 22.0. The molecule has 1 heterocycles. The Morgan fingerprint density at radius 3 is 2.13 bits per heavy atom. The van der Waals surface area contributed by atoms with E-state index in [9.17, 15) is 18.0 Å². The van der Waals surface area contributed by atoms with Gasteiger partial charge in [-0.15, -0.1) is 0 Å². The van der Waals surface area contributed by atoms with E-state index >= 15 is 0 Å². The maximum Gasteiger partial charge on any atom is 0.251 e. The van der Waals surface area contributed by atoms with Crippen molar-refractivity contribution in [2.75, 3.05) is 19.3 Å². The molecule has 2 N–H and O–H groups in total. The van der Waals surface area contributed by atoms with Crippen molar-refractivity contribution < 1.29 is 18.0 Å². The van der Waals surface area contributed by atoms with Gasteiger partial charge in [0.2, 0.25) is 15.9 Å². The van der Waals surface area contributed by atoms with Crippen LogP contribution < -0.4 is 10.6 Å². The first-order chi connectivity index (χ1) is 14.3. The Labute approximate surface area is 177 Å². The number of carbonyl (C=O) groups excluding carboxylic acids is 2. The molecule has 7 nitrogen and oxygen atoms in total. The van der Waals surface area contributed by atoms with Gasteiger partial charge in [-0.05, 0) is 30.5 Å². The molecule has 2 aromatic rings. The number of nitrogens with one attached hydrogen (secondary N) is 2. The van der Waals surface area contributed by atoms with Crippen LogP contribution in [0, 0.1) is 0 Å². The molecule has 0 radical (unpaired) electrons. The van der Waals surface area contributed by atoms with E-state index in [1.54, 1.807) is 24.3 Å². The predicted molar refractivity (Wildman–Crippen MR) is 115 cm³/mol. The molecule has 8 heteroatoms. The second-order valence-corrected chi connectivity index (χ2v) is 9.51. The Bertz CT molecular complexity index is 956. The van der Waals surface area contributed by atoms with Crippen molar-refractivity contribution in [3.63, 3.8) is 0 Å².